The molecule has 3 aromatic rings. The van der Waals surface area contributed by atoms with Crippen LogP contribution >= 0.6 is 11.6 Å². The molecule has 2 aliphatic heterocycles. The van der Waals surface area contributed by atoms with Crippen molar-refractivity contribution in [1.29, 1.82) is 0 Å². The predicted molar refractivity (Wildman–Crippen MR) is 117 cm³/mol. The molecule has 5 rings (SSSR count). The Morgan fingerprint density at radius 1 is 1.18 bits per heavy atom. The summed E-state index contributed by atoms with van der Waals surface area (Å²) in [4.78, 5) is 38.8. The Balaban J connectivity index is 1.53. The number of nitrogens with two attached hydrogens (primary N) is 1. The standard InChI is InChI=1S/C21H19ClN6O5/c22-12-7-11(18-19(17(12)23)33-6-5-32-18)21(30)27-15-9-31-4-3-28-16(29)8-14(26-20(15)28)13-1-2-24-10-25-13/h1-2,7-8,10,15H,3-6,9,23H2,(H,27,30). The van der Waals surface area contributed by atoms with Crippen LogP contribution in [0.3, 0.4) is 0 Å². The number of aromatic nitrogens is 4. The summed E-state index contributed by atoms with van der Waals surface area (Å²) < 4.78 is 18.3. The maximum atomic E-state index is 13.3. The molecule has 3 N–H and O–H groups in total. The number of ether oxygens (including phenoxy) is 3. The van der Waals surface area contributed by atoms with Crippen molar-refractivity contribution in [3.8, 4) is 22.9 Å². The lowest BCUT2D eigenvalue weighted by molar-refractivity contribution is 0.0847. The minimum absolute atomic E-state index is 0.119. The summed E-state index contributed by atoms with van der Waals surface area (Å²) in [7, 11) is 0. The highest BCUT2D eigenvalue weighted by Crippen LogP contribution is 2.43. The van der Waals surface area contributed by atoms with Crippen LogP contribution in [0, 0.1) is 0 Å². The molecule has 1 unspecified atom stereocenters. The summed E-state index contributed by atoms with van der Waals surface area (Å²) >= 11 is 6.22. The van der Waals surface area contributed by atoms with Crippen LogP contribution in [-0.4, -0.2) is 51.9 Å². The van der Waals surface area contributed by atoms with Gasteiger partial charge in [-0.1, -0.05) is 11.6 Å². The monoisotopic (exact) mass is 470 g/mol. The maximum absolute atomic E-state index is 13.3. The van der Waals surface area contributed by atoms with Crippen molar-refractivity contribution in [3.05, 3.63) is 57.5 Å². The number of amides is 1. The topological polar surface area (TPSA) is 143 Å². The first-order valence-electron chi connectivity index (χ1n) is 10.2. The molecule has 0 aliphatic carbocycles. The van der Waals surface area contributed by atoms with Crippen LogP contribution in [0.1, 0.15) is 22.2 Å². The van der Waals surface area contributed by atoms with E-state index in [9.17, 15) is 9.59 Å². The zero-order chi connectivity index (χ0) is 22.9. The number of fused-ring (bicyclic) bond motifs is 2. The molecule has 4 heterocycles. The summed E-state index contributed by atoms with van der Waals surface area (Å²) in [6.45, 7) is 1.28. The van der Waals surface area contributed by atoms with Gasteiger partial charge in [0, 0.05) is 12.3 Å². The van der Waals surface area contributed by atoms with Crippen molar-refractivity contribution in [1.82, 2.24) is 24.8 Å². The Bertz CT molecular complexity index is 1280. The molecule has 0 radical (unpaired) electrons. The number of carbonyl (C=O) groups excluding carboxylic acids is 1. The van der Waals surface area contributed by atoms with E-state index in [1.807, 2.05) is 0 Å². The van der Waals surface area contributed by atoms with Crippen molar-refractivity contribution in [3.63, 3.8) is 0 Å². The Kier molecular flexibility index (Phi) is 5.56. The SMILES string of the molecule is Nc1c(Cl)cc(C(=O)NC2COCCn3c2nc(-c2ccncn2)cc3=O)c2c1OCCO2. The van der Waals surface area contributed by atoms with Crippen LogP contribution < -0.4 is 26.1 Å². The first-order chi connectivity index (χ1) is 16.0. The highest BCUT2D eigenvalue weighted by Gasteiger charge is 2.29. The van der Waals surface area contributed by atoms with Gasteiger partial charge in [-0.05, 0) is 12.1 Å². The van der Waals surface area contributed by atoms with Crippen molar-refractivity contribution in [2.75, 3.05) is 32.2 Å². The van der Waals surface area contributed by atoms with Crippen molar-refractivity contribution in [2.45, 2.75) is 12.6 Å². The lowest BCUT2D eigenvalue weighted by Gasteiger charge is -2.24. The van der Waals surface area contributed by atoms with E-state index >= 15 is 0 Å². The molecule has 0 saturated heterocycles. The molecule has 33 heavy (non-hydrogen) atoms. The zero-order valence-electron chi connectivity index (χ0n) is 17.3. The van der Waals surface area contributed by atoms with Crippen LogP contribution in [0.5, 0.6) is 11.5 Å². The number of anilines is 1. The van der Waals surface area contributed by atoms with E-state index in [1.54, 1.807) is 12.3 Å². The third-order valence-electron chi connectivity index (χ3n) is 5.29. The molecular weight excluding hydrogens is 452 g/mol. The molecule has 12 heteroatoms. The van der Waals surface area contributed by atoms with Gasteiger partial charge in [0.2, 0.25) is 0 Å². The molecule has 0 bridgehead atoms. The molecular formula is C21H19ClN6O5. The van der Waals surface area contributed by atoms with Crippen LogP contribution in [0.2, 0.25) is 5.02 Å². The van der Waals surface area contributed by atoms with Crippen LogP contribution in [0.15, 0.2) is 35.5 Å². The Morgan fingerprint density at radius 2 is 2.00 bits per heavy atom. The molecule has 0 fully saturated rings. The molecule has 170 valence electrons. The Labute approximate surface area is 192 Å². The minimum atomic E-state index is -0.717. The smallest absolute Gasteiger partial charge is 0.255 e. The summed E-state index contributed by atoms with van der Waals surface area (Å²) in [5.41, 5.74) is 6.94. The molecule has 1 atom stereocenters. The number of nitrogens with one attached hydrogen (secondary N) is 1. The molecule has 1 aromatic carbocycles. The van der Waals surface area contributed by atoms with Gasteiger partial charge in [0.1, 0.15) is 31.4 Å². The lowest BCUT2D eigenvalue weighted by Crippen LogP contribution is -2.36. The lowest BCUT2D eigenvalue weighted by atomic mass is 10.1. The van der Waals surface area contributed by atoms with Gasteiger partial charge in [-0.25, -0.2) is 15.0 Å². The van der Waals surface area contributed by atoms with E-state index in [0.717, 1.165) is 0 Å². The second-order valence-electron chi connectivity index (χ2n) is 7.36. The number of nitrogen functional groups attached to an aromatic ring is 1. The molecule has 2 aromatic heterocycles. The summed E-state index contributed by atoms with van der Waals surface area (Å²) in [5.74, 6) is 0.309. The normalized spacial score (nSPS) is 17.1. The third-order valence-corrected chi connectivity index (χ3v) is 5.60. The number of benzene rings is 1. The quantitative estimate of drug-likeness (QED) is 0.539. The third kappa shape index (κ3) is 3.96. The van der Waals surface area contributed by atoms with Crippen molar-refractivity contribution < 1.29 is 19.0 Å². The predicted octanol–water partition coefficient (Wildman–Crippen LogP) is 1.21. The first-order valence-corrected chi connectivity index (χ1v) is 10.5. The molecule has 0 spiro atoms. The van der Waals surface area contributed by atoms with E-state index in [-0.39, 0.29) is 46.5 Å². The molecule has 0 saturated carbocycles. The number of carbonyl (C=O) groups is 1. The molecule has 1 amide bonds. The number of nitrogens with zero attached hydrogens (tertiary/aromatic N) is 4. The van der Waals surface area contributed by atoms with Crippen LogP contribution in [0.4, 0.5) is 5.69 Å². The number of hydrogen-bond donors (Lipinski definition) is 2. The van der Waals surface area contributed by atoms with E-state index in [0.29, 0.717) is 37.0 Å². The number of rotatable bonds is 3. The van der Waals surface area contributed by atoms with Crippen molar-refractivity contribution >= 4 is 23.2 Å². The van der Waals surface area contributed by atoms with Crippen LogP contribution in [-0.2, 0) is 11.3 Å². The Hall–Kier alpha value is -3.70. The van der Waals surface area contributed by atoms with Gasteiger partial charge in [0.05, 0.1) is 47.4 Å². The maximum Gasteiger partial charge on any atom is 0.255 e. The molecule has 11 nitrogen and oxygen atoms in total. The van der Waals surface area contributed by atoms with E-state index in [1.165, 1.54) is 23.0 Å². The van der Waals surface area contributed by atoms with E-state index < -0.39 is 11.9 Å². The Morgan fingerprint density at radius 3 is 2.79 bits per heavy atom. The highest BCUT2D eigenvalue weighted by molar-refractivity contribution is 6.34. The highest BCUT2D eigenvalue weighted by atomic mass is 35.5. The van der Waals surface area contributed by atoms with Gasteiger partial charge in [-0.15, -0.1) is 0 Å². The van der Waals surface area contributed by atoms with Gasteiger partial charge >= 0.3 is 0 Å². The largest absolute Gasteiger partial charge is 0.485 e. The number of halogens is 1. The summed E-state index contributed by atoms with van der Waals surface area (Å²) in [6, 6.07) is 3.76. The van der Waals surface area contributed by atoms with Gasteiger partial charge in [-0.2, -0.15) is 0 Å². The molecule has 2 aliphatic rings. The van der Waals surface area contributed by atoms with Gasteiger partial charge in [-0.3, -0.25) is 14.2 Å². The second kappa shape index (κ2) is 8.68. The summed E-state index contributed by atoms with van der Waals surface area (Å²) in [5, 5.41) is 3.05. The van der Waals surface area contributed by atoms with Gasteiger partial charge in [0.15, 0.2) is 11.5 Å². The second-order valence-corrected chi connectivity index (χ2v) is 7.77. The fourth-order valence-electron chi connectivity index (χ4n) is 3.73. The van der Waals surface area contributed by atoms with Crippen molar-refractivity contribution in [2.24, 2.45) is 0 Å². The first kappa shape index (κ1) is 21.2. The van der Waals surface area contributed by atoms with Gasteiger partial charge < -0.3 is 25.3 Å². The van der Waals surface area contributed by atoms with Gasteiger partial charge in [0.25, 0.3) is 11.5 Å². The van der Waals surface area contributed by atoms with E-state index in [4.69, 9.17) is 31.5 Å². The van der Waals surface area contributed by atoms with E-state index in [2.05, 4.69) is 20.3 Å². The number of hydrogen-bond acceptors (Lipinski definition) is 9. The van der Waals surface area contributed by atoms with Crippen LogP contribution in [0.25, 0.3) is 11.4 Å². The average molecular weight is 471 g/mol. The fourth-order valence-corrected chi connectivity index (χ4v) is 3.92. The minimum Gasteiger partial charge on any atom is -0.485 e. The average Bonchev–Trinajstić information content (AvgIpc) is 3.04. The summed E-state index contributed by atoms with van der Waals surface area (Å²) in [6.07, 6.45) is 2.93. The zero-order valence-corrected chi connectivity index (χ0v) is 18.0. The fraction of sp³-hybridized carbons (Fsp3) is 0.286.